The zero-order valence-corrected chi connectivity index (χ0v) is 18.6. The van der Waals surface area contributed by atoms with Gasteiger partial charge in [-0.1, -0.05) is 12.1 Å². The number of ether oxygens (including phenoxy) is 2. The van der Waals surface area contributed by atoms with Gasteiger partial charge < -0.3 is 19.5 Å². The fraction of sp³-hybridized carbons (Fsp3) is 0.364. The number of thiazole rings is 1. The molecular weight excluding hydrogens is 420 g/mol. The fourth-order valence-corrected chi connectivity index (χ4v) is 4.50. The molecule has 8 nitrogen and oxygen atoms in total. The highest BCUT2D eigenvalue weighted by Crippen LogP contribution is 2.40. The molecule has 0 bridgehead atoms. The summed E-state index contributed by atoms with van der Waals surface area (Å²) in [5.41, 5.74) is 1.51. The predicted molar refractivity (Wildman–Crippen MR) is 114 cm³/mol. The number of nitrogens with zero attached hydrogens (tertiary/aromatic N) is 2. The van der Waals surface area contributed by atoms with Gasteiger partial charge in [-0.3, -0.25) is 9.59 Å². The number of aromatic nitrogens is 1. The van der Waals surface area contributed by atoms with Crippen molar-refractivity contribution in [3.05, 3.63) is 62.3 Å². The average Bonchev–Trinajstić information content (AvgIpc) is 3.23. The van der Waals surface area contributed by atoms with Gasteiger partial charge in [0.1, 0.15) is 0 Å². The zero-order chi connectivity index (χ0) is 22.7. The molecule has 31 heavy (non-hydrogen) atoms. The molecule has 1 N–H and O–H groups in total. The first-order valence-corrected chi connectivity index (χ1v) is 10.5. The third-order valence-electron chi connectivity index (χ3n) is 5.05. The van der Waals surface area contributed by atoms with E-state index in [4.69, 9.17) is 9.47 Å². The lowest BCUT2D eigenvalue weighted by Gasteiger charge is -2.26. The van der Waals surface area contributed by atoms with Gasteiger partial charge in [0.2, 0.25) is 5.78 Å². The molecule has 1 unspecified atom stereocenters. The highest BCUT2D eigenvalue weighted by atomic mass is 32.1. The molecule has 2 heterocycles. The number of rotatable bonds is 8. The van der Waals surface area contributed by atoms with Crippen LogP contribution in [0.5, 0.6) is 0 Å². The van der Waals surface area contributed by atoms with E-state index < -0.39 is 29.5 Å². The number of amides is 1. The molecule has 0 fully saturated rings. The second-order valence-corrected chi connectivity index (χ2v) is 8.30. The van der Waals surface area contributed by atoms with Gasteiger partial charge in [-0.05, 0) is 38.0 Å². The quantitative estimate of drug-likeness (QED) is 0.379. The van der Waals surface area contributed by atoms with E-state index in [-0.39, 0.29) is 12.1 Å². The maximum absolute atomic E-state index is 13.4. The normalized spacial score (nSPS) is 16.2. The molecule has 1 amide bonds. The lowest BCUT2D eigenvalue weighted by Crippen LogP contribution is -2.32. The Morgan fingerprint density at radius 1 is 1.19 bits per heavy atom. The number of benzene rings is 1. The van der Waals surface area contributed by atoms with Gasteiger partial charge in [-0.15, -0.1) is 11.3 Å². The zero-order valence-electron chi connectivity index (χ0n) is 17.8. The van der Waals surface area contributed by atoms with Crippen molar-refractivity contribution in [3.8, 4) is 0 Å². The Morgan fingerprint density at radius 3 is 2.42 bits per heavy atom. The number of ketones is 1. The van der Waals surface area contributed by atoms with Crippen LogP contribution in [-0.2, 0) is 14.3 Å². The lowest BCUT2D eigenvalue weighted by atomic mass is 9.94. The summed E-state index contributed by atoms with van der Waals surface area (Å²) in [6, 6.07) is 5.66. The molecule has 3 rings (SSSR count). The molecular formula is C22H24N2O6S. The van der Waals surface area contributed by atoms with E-state index in [1.165, 1.54) is 23.3 Å². The summed E-state index contributed by atoms with van der Waals surface area (Å²) in [5.74, 6) is -2.09. The number of aliphatic hydroxyl groups is 1. The standard InChI is InChI=1S/C22H24N2O6S/c1-12-20(31-13(2)23-12)18(25)16-17(14-6-8-15(9-7-14)22(28)30-4)24(10-5-11-29-3)21(27)19(16)26/h6-9,17,26H,5,10-11H2,1-4H3. The summed E-state index contributed by atoms with van der Waals surface area (Å²) in [6.07, 6.45) is 0.534. The van der Waals surface area contributed by atoms with Crippen molar-refractivity contribution in [2.75, 3.05) is 27.4 Å². The van der Waals surface area contributed by atoms with Gasteiger partial charge in [-0.2, -0.15) is 0 Å². The van der Waals surface area contributed by atoms with E-state index in [9.17, 15) is 19.5 Å². The van der Waals surface area contributed by atoms with Crippen LogP contribution in [0.4, 0.5) is 0 Å². The van der Waals surface area contributed by atoms with Crippen molar-refractivity contribution in [1.29, 1.82) is 0 Å². The number of Topliss-reactive ketones (excluding diaryl/α,β-unsaturated/α-hetero) is 1. The van der Waals surface area contributed by atoms with Crippen molar-refractivity contribution in [2.24, 2.45) is 0 Å². The summed E-state index contributed by atoms with van der Waals surface area (Å²) in [7, 11) is 2.86. The fourth-order valence-electron chi connectivity index (χ4n) is 3.63. The molecule has 1 aromatic heterocycles. The average molecular weight is 445 g/mol. The number of aliphatic hydroxyl groups excluding tert-OH is 1. The summed E-state index contributed by atoms with van der Waals surface area (Å²) < 4.78 is 9.81. The Labute approximate surface area is 184 Å². The van der Waals surface area contributed by atoms with Crippen molar-refractivity contribution < 1.29 is 29.0 Å². The first kappa shape index (κ1) is 22.6. The second-order valence-electron chi connectivity index (χ2n) is 7.10. The molecule has 0 radical (unpaired) electrons. The molecule has 2 aromatic rings. The van der Waals surface area contributed by atoms with Gasteiger partial charge in [0, 0.05) is 20.3 Å². The van der Waals surface area contributed by atoms with Crippen LogP contribution in [-0.4, -0.2) is 60.0 Å². The van der Waals surface area contributed by atoms with Crippen LogP contribution in [0.15, 0.2) is 35.6 Å². The van der Waals surface area contributed by atoms with E-state index in [0.717, 1.165) is 5.01 Å². The first-order chi connectivity index (χ1) is 14.8. The monoisotopic (exact) mass is 444 g/mol. The number of carbonyl (C=O) groups excluding carboxylic acids is 3. The summed E-state index contributed by atoms with van der Waals surface area (Å²) in [4.78, 5) is 44.2. The van der Waals surface area contributed by atoms with Crippen LogP contribution in [0.2, 0.25) is 0 Å². The molecule has 0 aliphatic carbocycles. The van der Waals surface area contributed by atoms with Gasteiger partial charge in [0.15, 0.2) is 5.76 Å². The summed E-state index contributed by atoms with van der Waals surface area (Å²) in [5, 5.41) is 11.4. The molecule has 1 aromatic carbocycles. The third-order valence-corrected chi connectivity index (χ3v) is 6.12. The van der Waals surface area contributed by atoms with Crippen molar-refractivity contribution in [1.82, 2.24) is 9.88 Å². The van der Waals surface area contributed by atoms with Crippen LogP contribution >= 0.6 is 11.3 Å². The van der Waals surface area contributed by atoms with Gasteiger partial charge in [0.05, 0.1) is 39.9 Å². The Bertz CT molecular complexity index is 1040. The van der Waals surface area contributed by atoms with Crippen LogP contribution in [0.1, 0.15) is 48.8 Å². The largest absolute Gasteiger partial charge is 0.503 e. The van der Waals surface area contributed by atoms with Crippen LogP contribution in [0, 0.1) is 13.8 Å². The SMILES string of the molecule is COCCCN1C(=O)C(O)=C(C(=O)c2sc(C)nc2C)C1c1ccc(C(=O)OC)cc1. The number of methoxy groups -OCH3 is 2. The molecule has 0 spiro atoms. The van der Waals surface area contributed by atoms with Gasteiger partial charge in [0.25, 0.3) is 5.91 Å². The molecule has 0 saturated heterocycles. The predicted octanol–water partition coefficient (Wildman–Crippen LogP) is 3.16. The Balaban J connectivity index is 2.05. The molecule has 1 aliphatic rings. The minimum absolute atomic E-state index is 0.0139. The third kappa shape index (κ3) is 4.38. The smallest absolute Gasteiger partial charge is 0.337 e. The number of hydrogen-bond acceptors (Lipinski definition) is 8. The maximum atomic E-state index is 13.4. The van der Waals surface area contributed by atoms with Crippen molar-refractivity contribution in [2.45, 2.75) is 26.3 Å². The maximum Gasteiger partial charge on any atom is 0.337 e. The number of carbonyl (C=O) groups is 3. The first-order valence-electron chi connectivity index (χ1n) is 9.70. The topological polar surface area (TPSA) is 106 Å². The van der Waals surface area contributed by atoms with Gasteiger partial charge >= 0.3 is 5.97 Å². The molecule has 164 valence electrons. The second kappa shape index (κ2) is 9.40. The minimum atomic E-state index is -0.787. The summed E-state index contributed by atoms with van der Waals surface area (Å²) in [6.45, 7) is 4.23. The van der Waals surface area contributed by atoms with E-state index in [2.05, 4.69) is 4.98 Å². The van der Waals surface area contributed by atoms with E-state index >= 15 is 0 Å². The molecule has 0 saturated carbocycles. The molecule has 1 atom stereocenters. The molecule has 1 aliphatic heterocycles. The number of hydrogen-bond donors (Lipinski definition) is 1. The molecule has 9 heteroatoms. The van der Waals surface area contributed by atoms with E-state index in [1.807, 2.05) is 0 Å². The Hall–Kier alpha value is -3.04. The highest BCUT2D eigenvalue weighted by molar-refractivity contribution is 7.14. The van der Waals surface area contributed by atoms with Crippen LogP contribution in [0.25, 0.3) is 0 Å². The Morgan fingerprint density at radius 2 is 1.87 bits per heavy atom. The van der Waals surface area contributed by atoms with E-state index in [1.54, 1.807) is 45.2 Å². The van der Waals surface area contributed by atoms with E-state index in [0.29, 0.717) is 34.7 Å². The van der Waals surface area contributed by atoms with Crippen molar-refractivity contribution >= 4 is 29.0 Å². The van der Waals surface area contributed by atoms with Crippen LogP contribution < -0.4 is 0 Å². The highest BCUT2D eigenvalue weighted by Gasteiger charge is 2.44. The van der Waals surface area contributed by atoms with Crippen LogP contribution in [0.3, 0.4) is 0 Å². The number of aryl methyl sites for hydroxylation is 2. The van der Waals surface area contributed by atoms with Crippen molar-refractivity contribution in [3.63, 3.8) is 0 Å². The van der Waals surface area contributed by atoms with Gasteiger partial charge in [-0.25, -0.2) is 9.78 Å². The summed E-state index contributed by atoms with van der Waals surface area (Å²) >= 11 is 1.22. The minimum Gasteiger partial charge on any atom is -0.503 e. The number of esters is 1. The lowest BCUT2D eigenvalue weighted by molar-refractivity contribution is -0.129. The Kier molecular flexibility index (Phi) is 6.87.